The topological polar surface area (TPSA) is 225 Å². The third-order valence-corrected chi connectivity index (χ3v) is 16.9. The molecule has 9 atom stereocenters. The van der Waals surface area contributed by atoms with Gasteiger partial charge in [-0.15, -0.1) is 0 Å². The molecule has 0 aliphatic carbocycles. The van der Waals surface area contributed by atoms with Crippen LogP contribution in [0.25, 0.3) is 0 Å². The number of ether oxygens (including phenoxy) is 4. The van der Waals surface area contributed by atoms with E-state index in [1.165, 1.54) is 7.11 Å². The van der Waals surface area contributed by atoms with Gasteiger partial charge < -0.3 is 59.6 Å². The number of rotatable bonds is 16. The quantitative estimate of drug-likeness (QED) is 0.0687. The van der Waals surface area contributed by atoms with Crippen LogP contribution in [-0.2, 0) is 45.5 Å². The summed E-state index contributed by atoms with van der Waals surface area (Å²) in [7, 11) is 0.194. The number of aliphatic hydroxyl groups excluding tert-OH is 5. The molecule has 3 amide bonds. The van der Waals surface area contributed by atoms with Crippen molar-refractivity contribution in [3.63, 3.8) is 0 Å². The zero-order chi connectivity index (χ0) is 44.2. The molecule has 0 bridgehead atoms. The monoisotopic (exact) mass is 863 g/mol. The molecule has 2 fully saturated rings. The van der Waals surface area contributed by atoms with E-state index in [4.69, 9.17) is 18.9 Å². The maximum Gasteiger partial charge on any atom is 0.305 e. The van der Waals surface area contributed by atoms with E-state index in [-0.39, 0.29) is 68.1 Å². The molecule has 3 heterocycles. The minimum Gasteiger partial charge on any atom is -0.497 e. The molecule has 6 rings (SSSR count). The average molecular weight is 864 g/mol. The van der Waals surface area contributed by atoms with E-state index in [2.05, 4.69) is 18.4 Å². The van der Waals surface area contributed by atoms with E-state index in [9.17, 15) is 39.9 Å². The van der Waals surface area contributed by atoms with Crippen LogP contribution in [0, 0.1) is 5.92 Å². The lowest BCUT2D eigenvalue weighted by molar-refractivity contribution is -0.274. The van der Waals surface area contributed by atoms with Crippen LogP contribution in [0.4, 0.5) is 11.4 Å². The number of carbonyl (C=O) groups is 4. The van der Waals surface area contributed by atoms with Crippen LogP contribution in [0.15, 0.2) is 72.8 Å². The maximum atomic E-state index is 15.3. The number of hydrogen-bond acceptors (Lipinski definition) is 13. The Labute approximate surface area is 356 Å². The first-order valence-electron chi connectivity index (χ1n) is 20.6. The number of anilines is 2. The van der Waals surface area contributed by atoms with E-state index in [0.717, 1.165) is 10.8 Å². The highest BCUT2D eigenvalue weighted by molar-refractivity contribution is 6.91. The number of esters is 1. The number of amides is 3. The molecule has 2 saturated heterocycles. The summed E-state index contributed by atoms with van der Waals surface area (Å²) >= 11 is 0. The Kier molecular flexibility index (Phi) is 14.4. The van der Waals surface area contributed by atoms with Gasteiger partial charge in [0.15, 0.2) is 18.0 Å². The summed E-state index contributed by atoms with van der Waals surface area (Å²) in [5.41, 5.74) is 0.0268. The number of benzene rings is 3. The van der Waals surface area contributed by atoms with Crippen LogP contribution in [0.5, 0.6) is 5.75 Å². The molecular weight excluding hydrogens is 807 g/mol. The second kappa shape index (κ2) is 19.1. The Hall–Kier alpha value is -4.72. The van der Waals surface area contributed by atoms with Crippen LogP contribution >= 0.6 is 0 Å². The SMILES string of the molecule is COC(=O)CCCCN1C(=O)[C@]2(O[C@H](CC(=O)N(CCO)Cc3ccccc3)[C@@H]([Si](C)(C)c3ccc(OC)cc3)[C@@H]2C)c2cc(NC(=O)[C@H]3O[C@@H](O)[C@H](O)[C@@H](O)[C@@H]3O)ccc21. The molecule has 0 radical (unpaired) electrons. The first-order chi connectivity index (χ1) is 29.1. The van der Waals surface area contributed by atoms with Gasteiger partial charge >= 0.3 is 5.97 Å². The summed E-state index contributed by atoms with van der Waals surface area (Å²) in [6.07, 6.45) is -9.08. The third-order valence-electron chi connectivity index (χ3n) is 12.5. The fourth-order valence-corrected chi connectivity index (χ4v) is 13.3. The zero-order valence-corrected chi connectivity index (χ0v) is 36.1. The molecule has 0 saturated carbocycles. The number of nitrogens with one attached hydrogen (secondary N) is 1. The first kappa shape index (κ1) is 45.8. The number of hydrogen-bond donors (Lipinski definition) is 6. The van der Waals surface area contributed by atoms with E-state index in [0.29, 0.717) is 29.8 Å². The van der Waals surface area contributed by atoms with E-state index >= 15 is 4.79 Å². The van der Waals surface area contributed by atoms with Crippen LogP contribution in [0.3, 0.4) is 0 Å². The van der Waals surface area contributed by atoms with Gasteiger partial charge in [-0.05, 0) is 54.3 Å². The Morgan fingerprint density at radius 1 is 0.934 bits per heavy atom. The van der Waals surface area contributed by atoms with Crippen LogP contribution < -0.4 is 20.1 Å². The molecule has 6 N–H and O–H groups in total. The number of unbranched alkanes of at least 4 members (excludes halogenated alkanes) is 1. The number of carbonyl (C=O) groups excluding carboxylic acids is 4. The van der Waals surface area contributed by atoms with Crippen molar-refractivity contribution >= 4 is 48.3 Å². The maximum absolute atomic E-state index is 15.3. The molecule has 61 heavy (non-hydrogen) atoms. The predicted molar refractivity (Wildman–Crippen MR) is 225 cm³/mol. The second-order valence-corrected chi connectivity index (χ2v) is 21.2. The number of fused-ring (bicyclic) bond motifs is 2. The Morgan fingerprint density at radius 2 is 1.64 bits per heavy atom. The van der Waals surface area contributed by atoms with Gasteiger partial charge in [-0.25, -0.2) is 0 Å². The molecule has 0 unspecified atom stereocenters. The van der Waals surface area contributed by atoms with E-state index < -0.39 is 62.3 Å². The molecule has 3 aromatic rings. The summed E-state index contributed by atoms with van der Waals surface area (Å²) in [5.74, 6) is -1.78. The summed E-state index contributed by atoms with van der Waals surface area (Å²) in [6.45, 7) is 6.63. The minimum absolute atomic E-state index is 0.0850. The zero-order valence-electron chi connectivity index (χ0n) is 35.1. The summed E-state index contributed by atoms with van der Waals surface area (Å²) in [6, 6.07) is 22.1. The fourth-order valence-electron chi connectivity index (χ4n) is 9.26. The van der Waals surface area contributed by atoms with Gasteiger partial charge in [-0.1, -0.05) is 67.7 Å². The van der Waals surface area contributed by atoms with Gasteiger partial charge in [0.2, 0.25) is 5.91 Å². The summed E-state index contributed by atoms with van der Waals surface area (Å²) in [5, 5.41) is 54.7. The molecule has 16 nitrogen and oxygen atoms in total. The second-order valence-electron chi connectivity index (χ2n) is 16.5. The largest absolute Gasteiger partial charge is 0.497 e. The number of methoxy groups -OCH3 is 2. The van der Waals surface area contributed by atoms with Gasteiger partial charge in [0.1, 0.15) is 24.1 Å². The molecule has 3 aliphatic heterocycles. The van der Waals surface area contributed by atoms with Crippen molar-refractivity contribution in [3.8, 4) is 5.75 Å². The highest BCUT2D eigenvalue weighted by Gasteiger charge is 2.66. The predicted octanol–water partition coefficient (Wildman–Crippen LogP) is 1.75. The Balaban J connectivity index is 1.41. The highest BCUT2D eigenvalue weighted by Crippen LogP contribution is 2.60. The standard InChI is InChI=1S/C44H57N3O13Si/c1-26-40(61(4,5)30-17-15-29(57-2)16-18-30)33(24-34(49)46(21-22-48)25-27-11-7-6-8-12-27)60-44(26)31-23-28(45-41(54)39-37(52)36(51)38(53)42(55)59-39)14-19-32(31)47(43(44)56)20-10-9-13-35(50)58-3/h6-8,11-12,14-19,23,26,33,36-40,42,48,51-53,55H,9-10,13,20-22,24-25H2,1-5H3,(H,45,54)/t26-,33+,36-,37-,38+,39-,40-,42+,44+/m0/s1. The van der Waals surface area contributed by atoms with E-state index in [1.54, 1.807) is 35.1 Å². The highest BCUT2D eigenvalue weighted by atomic mass is 28.3. The van der Waals surface area contributed by atoms with Crippen molar-refractivity contribution in [2.75, 3.05) is 44.1 Å². The molecular formula is C44H57N3O13Si. The fraction of sp³-hybridized carbons (Fsp3) is 0.500. The summed E-state index contributed by atoms with van der Waals surface area (Å²) in [4.78, 5) is 58.4. The van der Waals surface area contributed by atoms with Gasteiger partial charge in [0.25, 0.3) is 11.8 Å². The third kappa shape index (κ3) is 9.10. The molecule has 1 spiro atoms. The van der Waals surface area contributed by atoms with Crippen molar-refractivity contribution in [2.45, 2.75) is 100 Å². The van der Waals surface area contributed by atoms with Crippen LogP contribution in [0.2, 0.25) is 18.6 Å². The van der Waals surface area contributed by atoms with Crippen LogP contribution in [0.1, 0.15) is 43.7 Å². The van der Waals surface area contributed by atoms with Gasteiger partial charge in [0.05, 0.1) is 47.1 Å². The average Bonchev–Trinajstić information content (AvgIpc) is 3.68. The smallest absolute Gasteiger partial charge is 0.305 e. The molecule has 3 aliphatic rings. The van der Waals surface area contributed by atoms with Crippen molar-refractivity contribution in [2.24, 2.45) is 5.92 Å². The van der Waals surface area contributed by atoms with Crippen molar-refractivity contribution in [3.05, 3.63) is 83.9 Å². The number of aliphatic hydroxyl groups is 5. The minimum atomic E-state index is -2.71. The molecule has 330 valence electrons. The van der Waals surface area contributed by atoms with Crippen LogP contribution in [-0.4, -0.2) is 133 Å². The summed E-state index contributed by atoms with van der Waals surface area (Å²) < 4.78 is 22.6. The van der Waals surface area contributed by atoms with Crippen molar-refractivity contribution < 1.29 is 63.7 Å². The lowest BCUT2D eigenvalue weighted by Gasteiger charge is -2.37. The molecule has 3 aromatic carbocycles. The van der Waals surface area contributed by atoms with Gasteiger partial charge in [-0.3, -0.25) is 19.2 Å². The Morgan fingerprint density at radius 3 is 2.30 bits per heavy atom. The first-order valence-corrected chi connectivity index (χ1v) is 23.6. The van der Waals surface area contributed by atoms with Crippen molar-refractivity contribution in [1.82, 2.24) is 4.90 Å². The molecule has 17 heteroatoms. The van der Waals surface area contributed by atoms with E-state index in [1.807, 2.05) is 61.5 Å². The van der Waals surface area contributed by atoms with Gasteiger partial charge in [0, 0.05) is 43.2 Å². The number of nitrogens with zero attached hydrogens (tertiary/aromatic N) is 2. The van der Waals surface area contributed by atoms with Crippen molar-refractivity contribution in [1.29, 1.82) is 0 Å². The normalized spacial score (nSPS) is 27.2. The lowest BCUT2D eigenvalue weighted by Crippen LogP contribution is -2.60. The lowest BCUT2D eigenvalue weighted by atomic mass is 9.82. The molecule has 0 aromatic heterocycles. The Bertz CT molecular complexity index is 2040. The van der Waals surface area contributed by atoms with Gasteiger partial charge in [-0.2, -0.15) is 0 Å².